The van der Waals surface area contributed by atoms with Gasteiger partial charge in [-0.15, -0.1) is 0 Å². The number of anilines is 1. The molecule has 0 spiro atoms. The maximum Gasteiger partial charge on any atom is 0.408 e. The standard InChI is InChI=1S/C20H27ClN4O3/c1-12(23-19(27)28-20(2,3)4)14-10-13-8-7-9-15(21)17(13)24-18(14)22-11-16(26)25(5)6/h7-10,12H,11H2,1-6H3,(H,22,24)(H,23,27). The van der Waals surface area contributed by atoms with Gasteiger partial charge in [-0.05, 0) is 39.8 Å². The highest BCUT2D eigenvalue weighted by Gasteiger charge is 2.21. The molecule has 28 heavy (non-hydrogen) atoms. The van der Waals surface area contributed by atoms with Crippen LogP contribution in [0.1, 0.15) is 39.3 Å². The van der Waals surface area contributed by atoms with E-state index in [1.165, 1.54) is 4.90 Å². The summed E-state index contributed by atoms with van der Waals surface area (Å²) in [6.45, 7) is 7.31. The molecule has 2 N–H and O–H groups in total. The van der Waals surface area contributed by atoms with Gasteiger partial charge in [0.25, 0.3) is 0 Å². The molecule has 152 valence electrons. The number of benzene rings is 1. The second kappa shape index (κ2) is 8.65. The lowest BCUT2D eigenvalue weighted by Crippen LogP contribution is -2.34. The van der Waals surface area contributed by atoms with Gasteiger partial charge in [0, 0.05) is 25.0 Å². The molecule has 8 heteroatoms. The quantitative estimate of drug-likeness (QED) is 0.784. The van der Waals surface area contributed by atoms with Crippen molar-refractivity contribution in [2.75, 3.05) is 26.0 Å². The van der Waals surface area contributed by atoms with E-state index in [0.717, 1.165) is 10.9 Å². The van der Waals surface area contributed by atoms with E-state index in [2.05, 4.69) is 15.6 Å². The number of fused-ring (bicyclic) bond motifs is 1. The normalized spacial score (nSPS) is 12.4. The fourth-order valence-electron chi connectivity index (χ4n) is 2.53. The number of carbonyl (C=O) groups excluding carboxylic acids is 2. The SMILES string of the molecule is CC(NC(=O)OC(C)(C)C)c1cc2cccc(Cl)c2nc1NCC(=O)N(C)C. The minimum Gasteiger partial charge on any atom is -0.444 e. The molecule has 0 radical (unpaired) electrons. The van der Waals surface area contributed by atoms with E-state index in [-0.39, 0.29) is 12.5 Å². The summed E-state index contributed by atoms with van der Waals surface area (Å²) >= 11 is 6.28. The molecule has 0 saturated carbocycles. The van der Waals surface area contributed by atoms with Crippen molar-refractivity contribution in [3.05, 3.63) is 34.9 Å². The molecule has 0 fully saturated rings. The van der Waals surface area contributed by atoms with Crippen LogP contribution in [0.15, 0.2) is 24.3 Å². The van der Waals surface area contributed by atoms with Crippen LogP contribution < -0.4 is 10.6 Å². The number of carbonyl (C=O) groups is 2. The van der Waals surface area contributed by atoms with Gasteiger partial charge in [-0.1, -0.05) is 23.7 Å². The Morgan fingerprint density at radius 2 is 1.96 bits per heavy atom. The van der Waals surface area contributed by atoms with Gasteiger partial charge in [0.15, 0.2) is 0 Å². The van der Waals surface area contributed by atoms with Crippen molar-refractivity contribution in [2.45, 2.75) is 39.3 Å². The molecule has 0 aliphatic carbocycles. The summed E-state index contributed by atoms with van der Waals surface area (Å²) in [7, 11) is 3.37. The monoisotopic (exact) mass is 406 g/mol. The maximum absolute atomic E-state index is 12.2. The molecule has 2 amide bonds. The van der Waals surface area contributed by atoms with Crippen molar-refractivity contribution in [1.82, 2.24) is 15.2 Å². The first kappa shape index (κ1) is 21.8. The number of halogens is 1. The van der Waals surface area contributed by atoms with Gasteiger partial charge in [-0.25, -0.2) is 9.78 Å². The Labute approximate surface area is 170 Å². The van der Waals surface area contributed by atoms with Crippen LogP contribution >= 0.6 is 11.6 Å². The van der Waals surface area contributed by atoms with Crippen LogP contribution in [-0.4, -0.2) is 48.1 Å². The molecular weight excluding hydrogens is 380 g/mol. The first-order chi connectivity index (χ1) is 13.0. The Morgan fingerprint density at radius 1 is 1.29 bits per heavy atom. The molecular formula is C20H27ClN4O3. The lowest BCUT2D eigenvalue weighted by Gasteiger charge is -2.23. The number of aromatic nitrogens is 1. The zero-order chi connectivity index (χ0) is 21.1. The van der Waals surface area contributed by atoms with Crippen molar-refractivity contribution < 1.29 is 14.3 Å². The number of hydrogen-bond acceptors (Lipinski definition) is 5. The van der Waals surface area contributed by atoms with Gasteiger partial charge in [0.2, 0.25) is 5.91 Å². The van der Waals surface area contributed by atoms with E-state index >= 15 is 0 Å². The minimum atomic E-state index is -0.599. The number of hydrogen-bond donors (Lipinski definition) is 2. The highest BCUT2D eigenvalue weighted by Crippen LogP contribution is 2.29. The second-order valence-electron chi connectivity index (χ2n) is 7.75. The van der Waals surface area contributed by atoms with Crippen molar-refractivity contribution >= 4 is 40.3 Å². The Bertz CT molecular complexity index is 878. The average Bonchev–Trinajstić information content (AvgIpc) is 2.57. The lowest BCUT2D eigenvalue weighted by molar-refractivity contribution is -0.126. The van der Waals surface area contributed by atoms with E-state index in [4.69, 9.17) is 16.3 Å². The number of nitrogens with one attached hydrogen (secondary N) is 2. The molecule has 7 nitrogen and oxygen atoms in total. The molecule has 1 aromatic carbocycles. The van der Waals surface area contributed by atoms with Gasteiger partial charge in [0.05, 0.1) is 23.1 Å². The Kier molecular flexibility index (Phi) is 6.72. The zero-order valence-corrected chi connectivity index (χ0v) is 17.8. The topological polar surface area (TPSA) is 83.6 Å². The fraction of sp³-hybridized carbons (Fsp3) is 0.450. The molecule has 1 heterocycles. The van der Waals surface area contributed by atoms with E-state index in [0.29, 0.717) is 16.4 Å². The van der Waals surface area contributed by atoms with Crippen molar-refractivity contribution in [2.24, 2.45) is 0 Å². The van der Waals surface area contributed by atoms with E-state index in [1.807, 2.05) is 25.1 Å². The summed E-state index contributed by atoms with van der Waals surface area (Å²) in [5.41, 5.74) is 0.752. The molecule has 2 aromatic rings. The number of rotatable bonds is 5. The van der Waals surface area contributed by atoms with Crippen LogP contribution in [0.25, 0.3) is 10.9 Å². The van der Waals surface area contributed by atoms with Crippen molar-refractivity contribution in [1.29, 1.82) is 0 Å². The predicted molar refractivity (Wildman–Crippen MR) is 112 cm³/mol. The number of para-hydroxylation sites is 1. The van der Waals surface area contributed by atoms with Crippen LogP contribution in [0.4, 0.5) is 10.6 Å². The maximum atomic E-state index is 12.2. The van der Waals surface area contributed by atoms with Gasteiger partial charge in [-0.3, -0.25) is 4.79 Å². The summed E-state index contributed by atoms with van der Waals surface area (Å²) in [6, 6.07) is 6.99. The third-order valence-electron chi connectivity index (χ3n) is 3.93. The molecule has 0 aliphatic rings. The smallest absolute Gasteiger partial charge is 0.408 e. The first-order valence-corrected chi connectivity index (χ1v) is 9.38. The molecule has 1 unspecified atom stereocenters. The molecule has 0 aliphatic heterocycles. The molecule has 0 bridgehead atoms. The number of amides is 2. The Balaban J connectivity index is 2.36. The van der Waals surface area contributed by atoms with Gasteiger partial charge >= 0.3 is 6.09 Å². The number of ether oxygens (including phenoxy) is 1. The average molecular weight is 407 g/mol. The Hall–Kier alpha value is -2.54. The molecule has 1 atom stereocenters. The fourth-order valence-corrected chi connectivity index (χ4v) is 2.75. The van der Waals surface area contributed by atoms with Crippen molar-refractivity contribution in [3.63, 3.8) is 0 Å². The highest BCUT2D eigenvalue weighted by molar-refractivity contribution is 6.35. The van der Waals surface area contributed by atoms with E-state index in [9.17, 15) is 9.59 Å². The highest BCUT2D eigenvalue weighted by atomic mass is 35.5. The summed E-state index contributed by atoms with van der Waals surface area (Å²) < 4.78 is 5.33. The zero-order valence-electron chi connectivity index (χ0n) is 17.1. The van der Waals surface area contributed by atoms with Crippen molar-refractivity contribution in [3.8, 4) is 0 Å². The van der Waals surface area contributed by atoms with Crippen LogP contribution in [0.5, 0.6) is 0 Å². The third kappa shape index (κ3) is 5.73. The van der Waals surface area contributed by atoms with Gasteiger partial charge in [0.1, 0.15) is 11.4 Å². The molecule has 1 aromatic heterocycles. The van der Waals surface area contributed by atoms with E-state index in [1.54, 1.807) is 40.9 Å². The number of nitrogens with zero attached hydrogens (tertiary/aromatic N) is 2. The number of likely N-dealkylation sites (N-methyl/N-ethyl adjacent to an activating group) is 1. The summed E-state index contributed by atoms with van der Waals surface area (Å²) in [5, 5.41) is 7.23. The Morgan fingerprint density at radius 3 is 2.57 bits per heavy atom. The van der Waals surface area contributed by atoms with Gasteiger partial charge in [-0.2, -0.15) is 0 Å². The van der Waals surface area contributed by atoms with Crippen LogP contribution in [0.2, 0.25) is 5.02 Å². The molecule has 2 rings (SSSR count). The third-order valence-corrected chi connectivity index (χ3v) is 4.24. The summed E-state index contributed by atoms with van der Waals surface area (Å²) in [6.07, 6.45) is -0.526. The summed E-state index contributed by atoms with van der Waals surface area (Å²) in [5.74, 6) is 0.388. The minimum absolute atomic E-state index is 0.0715. The van der Waals surface area contributed by atoms with Crippen LogP contribution in [0.3, 0.4) is 0 Å². The molecule has 0 saturated heterocycles. The van der Waals surface area contributed by atoms with Crippen LogP contribution in [-0.2, 0) is 9.53 Å². The first-order valence-electron chi connectivity index (χ1n) is 9.00. The van der Waals surface area contributed by atoms with Crippen LogP contribution in [0, 0.1) is 0 Å². The van der Waals surface area contributed by atoms with E-state index < -0.39 is 17.7 Å². The lowest BCUT2D eigenvalue weighted by atomic mass is 10.1. The second-order valence-corrected chi connectivity index (χ2v) is 8.15. The largest absolute Gasteiger partial charge is 0.444 e. The van der Waals surface area contributed by atoms with Gasteiger partial charge < -0.3 is 20.3 Å². The number of alkyl carbamates (subject to hydrolysis) is 1. The summed E-state index contributed by atoms with van der Waals surface area (Å²) in [4.78, 5) is 30.2. The predicted octanol–water partition coefficient (Wildman–Crippen LogP) is 3.97. The number of pyridine rings is 1.